The first-order valence-electron chi connectivity index (χ1n) is 9.07. The van der Waals surface area contributed by atoms with Crippen LogP contribution in [0, 0.1) is 5.92 Å². The number of rotatable bonds is 8. The number of aryl methyl sites for hydroxylation is 1. The Bertz CT molecular complexity index is 770. The van der Waals surface area contributed by atoms with E-state index in [9.17, 15) is 9.59 Å². The van der Waals surface area contributed by atoms with Crippen molar-refractivity contribution in [2.24, 2.45) is 11.7 Å². The lowest BCUT2D eigenvalue weighted by Gasteiger charge is -2.15. The van der Waals surface area contributed by atoms with Crippen LogP contribution in [-0.4, -0.2) is 34.5 Å². The Morgan fingerprint density at radius 2 is 1.85 bits per heavy atom. The Balaban J connectivity index is 1.90. The van der Waals surface area contributed by atoms with Crippen LogP contribution in [0.2, 0.25) is 0 Å². The van der Waals surface area contributed by atoms with E-state index in [2.05, 4.69) is 27.7 Å². The maximum Gasteiger partial charge on any atom is 0.249 e. The Labute approximate surface area is 158 Å². The summed E-state index contributed by atoms with van der Waals surface area (Å²) in [4.78, 5) is 28.1. The summed E-state index contributed by atoms with van der Waals surface area (Å²) in [6, 6.07) is 6.77. The lowest BCUT2D eigenvalue weighted by Crippen LogP contribution is -2.47. The van der Waals surface area contributed by atoms with Crippen LogP contribution in [0.5, 0.6) is 0 Å². The lowest BCUT2D eigenvalue weighted by atomic mass is 10.1. The molecule has 146 valence electrons. The quantitative estimate of drug-likeness (QED) is 0.645. The van der Waals surface area contributed by atoms with Crippen LogP contribution in [-0.2, 0) is 16.0 Å². The molecule has 2 aromatic rings. The van der Waals surface area contributed by atoms with Gasteiger partial charge in [-0.1, -0.05) is 50.2 Å². The second-order valence-electron chi connectivity index (χ2n) is 6.78. The van der Waals surface area contributed by atoms with Gasteiger partial charge in [0.15, 0.2) is 0 Å². The van der Waals surface area contributed by atoms with Crippen molar-refractivity contribution in [1.29, 1.82) is 0 Å². The number of nitrogens with two attached hydrogens (primary N) is 1. The normalized spacial score (nSPS) is 13.3. The van der Waals surface area contributed by atoms with Gasteiger partial charge in [0.2, 0.25) is 23.5 Å². The van der Waals surface area contributed by atoms with E-state index >= 15 is 0 Å². The van der Waals surface area contributed by atoms with Gasteiger partial charge in [0.1, 0.15) is 6.04 Å². The van der Waals surface area contributed by atoms with Crippen LogP contribution in [0.1, 0.15) is 45.2 Å². The third kappa shape index (κ3) is 5.62. The number of nitrogens with zero attached hydrogens (tertiary/aromatic N) is 2. The van der Waals surface area contributed by atoms with Gasteiger partial charge in [-0.05, 0) is 24.8 Å². The molecule has 2 atom stereocenters. The van der Waals surface area contributed by atoms with Crippen molar-refractivity contribution in [1.82, 2.24) is 20.8 Å². The highest BCUT2D eigenvalue weighted by Gasteiger charge is 2.20. The Morgan fingerprint density at radius 3 is 2.44 bits per heavy atom. The molecular formula is C19H27N5O3. The van der Waals surface area contributed by atoms with Crippen LogP contribution < -0.4 is 16.4 Å². The van der Waals surface area contributed by atoms with E-state index < -0.39 is 12.1 Å². The maximum atomic E-state index is 12.0. The molecule has 2 rings (SSSR count). The summed E-state index contributed by atoms with van der Waals surface area (Å²) < 4.78 is 5.25. The van der Waals surface area contributed by atoms with Gasteiger partial charge in [0.05, 0.1) is 12.6 Å². The standard InChI is InChI=1S/C19H27N5O3/c1-5-13-6-8-14(9-7-13)17-23-19(27-24-17)12(4)22-15(25)10-21-18(26)16(20)11(2)3/h6-9,11-12,16H,5,10,20H2,1-4H3,(H,21,26)(H,22,25)/t12?,16-/m0/s1. The fourth-order valence-electron chi connectivity index (χ4n) is 2.36. The summed E-state index contributed by atoms with van der Waals surface area (Å²) in [5.74, 6) is 0.0329. The molecule has 0 spiro atoms. The van der Waals surface area contributed by atoms with Crippen molar-refractivity contribution in [2.45, 2.75) is 46.2 Å². The highest BCUT2D eigenvalue weighted by atomic mass is 16.5. The van der Waals surface area contributed by atoms with Crippen molar-refractivity contribution in [3.8, 4) is 11.4 Å². The molecule has 2 amide bonds. The monoisotopic (exact) mass is 373 g/mol. The van der Waals surface area contributed by atoms with E-state index in [0.717, 1.165) is 12.0 Å². The van der Waals surface area contributed by atoms with Crippen molar-refractivity contribution in [2.75, 3.05) is 6.54 Å². The maximum absolute atomic E-state index is 12.0. The SMILES string of the molecule is CCc1ccc(-c2noc(C(C)NC(=O)CNC(=O)[C@@H](N)C(C)C)n2)cc1. The topological polar surface area (TPSA) is 123 Å². The van der Waals surface area contributed by atoms with E-state index in [1.165, 1.54) is 5.56 Å². The molecule has 0 aliphatic rings. The molecule has 0 saturated carbocycles. The first kappa shape index (κ1) is 20.6. The van der Waals surface area contributed by atoms with Gasteiger partial charge in [-0.25, -0.2) is 0 Å². The van der Waals surface area contributed by atoms with Gasteiger partial charge in [0, 0.05) is 5.56 Å². The molecule has 0 fully saturated rings. The van der Waals surface area contributed by atoms with Crippen molar-refractivity contribution < 1.29 is 14.1 Å². The van der Waals surface area contributed by atoms with E-state index in [1.807, 2.05) is 38.1 Å². The molecule has 0 radical (unpaired) electrons. The summed E-state index contributed by atoms with van der Waals surface area (Å²) in [5.41, 5.74) is 7.81. The van der Waals surface area contributed by atoms with Gasteiger partial charge in [-0.3, -0.25) is 9.59 Å². The fourth-order valence-corrected chi connectivity index (χ4v) is 2.36. The predicted octanol–water partition coefficient (Wildman–Crippen LogP) is 1.58. The van der Waals surface area contributed by atoms with Crippen LogP contribution >= 0.6 is 0 Å². The van der Waals surface area contributed by atoms with Crippen LogP contribution in [0.3, 0.4) is 0 Å². The number of benzene rings is 1. The molecule has 27 heavy (non-hydrogen) atoms. The number of amides is 2. The molecule has 1 aromatic carbocycles. The summed E-state index contributed by atoms with van der Waals surface area (Å²) >= 11 is 0. The third-order valence-electron chi connectivity index (χ3n) is 4.25. The number of hydrogen-bond acceptors (Lipinski definition) is 6. The summed E-state index contributed by atoms with van der Waals surface area (Å²) in [5, 5.41) is 9.20. The molecular weight excluding hydrogens is 346 g/mol. The van der Waals surface area contributed by atoms with Crippen molar-refractivity contribution >= 4 is 11.8 Å². The van der Waals surface area contributed by atoms with Crippen LogP contribution in [0.15, 0.2) is 28.8 Å². The first-order valence-corrected chi connectivity index (χ1v) is 9.07. The molecule has 0 aliphatic heterocycles. The second-order valence-corrected chi connectivity index (χ2v) is 6.78. The lowest BCUT2D eigenvalue weighted by molar-refractivity contribution is -0.127. The fraction of sp³-hybridized carbons (Fsp3) is 0.474. The third-order valence-corrected chi connectivity index (χ3v) is 4.25. The zero-order valence-electron chi connectivity index (χ0n) is 16.2. The minimum atomic E-state index is -0.646. The zero-order valence-corrected chi connectivity index (χ0v) is 16.2. The average Bonchev–Trinajstić information content (AvgIpc) is 3.15. The second kappa shape index (κ2) is 9.27. The van der Waals surface area contributed by atoms with Crippen LogP contribution in [0.4, 0.5) is 0 Å². The Kier molecular flexibility index (Phi) is 7.06. The molecule has 1 unspecified atom stereocenters. The number of nitrogens with one attached hydrogen (secondary N) is 2. The molecule has 0 bridgehead atoms. The molecule has 4 N–H and O–H groups in total. The largest absolute Gasteiger partial charge is 0.346 e. The van der Waals surface area contributed by atoms with E-state index in [1.54, 1.807) is 6.92 Å². The zero-order chi connectivity index (χ0) is 20.0. The summed E-state index contributed by atoms with van der Waals surface area (Å²) in [6.07, 6.45) is 0.958. The summed E-state index contributed by atoms with van der Waals surface area (Å²) in [6.45, 7) is 7.34. The molecule has 8 heteroatoms. The van der Waals surface area contributed by atoms with E-state index in [0.29, 0.717) is 11.7 Å². The number of aromatic nitrogens is 2. The highest BCUT2D eigenvalue weighted by Crippen LogP contribution is 2.19. The van der Waals surface area contributed by atoms with E-state index in [-0.39, 0.29) is 24.3 Å². The predicted molar refractivity (Wildman–Crippen MR) is 101 cm³/mol. The Morgan fingerprint density at radius 1 is 1.19 bits per heavy atom. The van der Waals surface area contributed by atoms with Crippen molar-refractivity contribution in [3.05, 3.63) is 35.7 Å². The number of hydrogen-bond donors (Lipinski definition) is 3. The smallest absolute Gasteiger partial charge is 0.249 e. The molecule has 0 aliphatic carbocycles. The average molecular weight is 373 g/mol. The molecule has 1 heterocycles. The van der Waals surface area contributed by atoms with Gasteiger partial charge >= 0.3 is 0 Å². The van der Waals surface area contributed by atoms with Gasteiger partial charge in [0.25, 0.3) is 0 Å². The summed E-state index contributed by atoms with van der Waals surface area (Å²) in [7, 11) is 0. The first-order chi connectivity index (χ1) is 12.8. The molecule has 0 saturated heterocycles. The Hall–Kier alpha value is -2.74. The minimum absolute atomic E-state index is 0.00445. The van der Waals surface area contributed by atoms with E-state index in [4.69, 9.17) is 10.3 Å². The van der Waals surface area contributed by atoms with Crippen LogP contribution in [0.25, 0.3) is 11.4 Å². The van der Waals surface area contributed by atoms with Crippen molar-refractivity contribution in [3.63, 3.8) is 0 Å². The van der Waals surface area contributed by atoms with Gasteiger partial charge in [-0.2, -0.15) is 4.98 Å². The molecule has 8 nitrogen and oxygen atoms in total. The van der Waals surface area contributed by atoms with Gasteiger partial charge < -0.3 is 20.9 Å². The molecule has 1 aromatic heterocycles. The number of carbonyl (C=O) groups excluding carboxylic acids is 2. The highest BCUT2D eigenvalue weighted by molar-refractivity contribution is 5.87. The minimum Gasteiger partial charge on any atom is -0.346 e. The number of carbonyl (C=O) groups is 2. The van der Waals surface area contributed by atoms with Gasteiger partial charge in [-0.15, -0.1) is 0 Å².